The molecule has 7 heteroatoms. The number of rotatable bonds is 5. The summed E-state index contributed by atoms with van der Waals surface area (Å²) in [6, 6.07) is 21.1. The molecule has 0 fully saturated rings. The Bertz CT molecular complexity index is 1150. The summed E-state index contributed by atoms with van der Waals surface area (Å²) < 4.78 is 13.7. The van der Waals surface area contributed by atoms with E-state index in [0.717, 1.165) is 30.1 Å². The number of benzene rings is 3. The SMILES string of the molecule is O=C1OC(c2cccc(Br)c2)=N/C1=C\c1cc(Br)c(OCc2ccccc2)c(Br)c1. The van der Waals surface area contributed by atoms with Gasteiger partial charge in [0.25, 0.3) is 0 Å². The van der Waals surface area contributed by atoms with Gasteiger partial charge in [-0.05, 0) is 79.4 Å². The molecular formula is C23H14Br3NO3. The first-order valence-corrected chi connectivity index (χ1v) is 11.3. The maximum Gasteiger partial charge on any atom is 0.363 e. The van der Waals surface area contributed by atoms with Crippen LogP contribution in [0, 0.1) is 0 Å². The average Bonchev–Trinajstić information content (AvgIpc) is 3.08. The topological polar surface area (TPSA) is 47.9 Å². The highest BCUT2D eigenvalue weighted by Crippen LogP contribution is 2.36. The van der Waals surface area contributed by atoms with Crippen molar-refractivity contribution in [2.45, 2.75) is 6.61 Å². The van der Waals surface area contributed by atoms with Crippen LogP contribution in [0.3, 0.4) is 0 Å². The van der Waals surface area contributed by atoms with Crippen LogP contribution in [0.1, 0.15) is 16.7 Å². The van der Waals surface area contributed by atoms with Crippen LogP contribution in [0.5, 0.6) is 5.75 Å². The first kappa shape index (κ1) is 21.0. The van der Waals surface area contributed by atoms with E-state index in [-0.39, 0.29) is 11.6 Å². The molecular weight excluding hydrogens is 578 g/mol. The summed E-state index contributed by atoms with van der Waals surface area (Å²) in [5.74, 6) is 0.489. The Hall–Kier alpha value is -2.22. The van der Waals surface area contributed by atoms with Crippen molar-refractivity contribution in [1.29, 1.82) is 0 Å². The normalized spacial score (nSPS) is 14.6. The maximum atomic E-state index is 12.3. The summed E-state index contributed by atoms with van der Waals surface area (Å²) in [7, 11) is 0. The first-order valence-electron chi connectivity index (χ1n) is 8.94. The fraction of sp³-hybridized carbons (Fsp3) is 0.0435. The van der Waals surface area contributed by atoms with Crippen molar-refractivity contribution in [3.8, 4) is 5.75 Å². The Morgan fingerprint density at radius 3 is 2.37 bits per heavy atom. The first-order chi connectivity index (χ1) is 14.5. The molecule has 150 valence electrons. The molecule has 0 amide bonds. The lowest BCUT2D eigenvalue weighted by Crippen LogP contribution is -2.05. The predicted molar refractivity (Wildman–Crippen MR) is 127 cm³/mol. The van der Waals surface area contributed by atoms with E-state index in [1.165, 1.54) is 0 Å². The zero-order chi connectivity index (χ0) is 21.1. The quantitative estimate of drug-likeness (QED) is 0.240. The molecule has 30 heavy (non-hydrogen) atoms. The number of hydrogen-bond donors (Lipinski definition) is 0. The van der Waals surface area contributed by atoms with E-state index in [9.17, 15) is 4.79 Å². The Balaban J connectivity index is 1.57. The highest BCUT2D eigenvalue weighted by atomic mass is 79.9. The molecule has 1 aliphatic rings. The van der Waals surface area contributed by atoms with Gasteiger partial charge in [-0.1, -0.05) is 52.3 Å². The highest BCUT2D eigenvalue weighted by Gasteiger charge is 2.24. The minimum Gasteiger partial charge on any atom is -0.487 e. The van der Waals surface area contributed by atoms with Gasteiger partial charge in [0, 0.05) is 10.0 Å². The Morgan fingerprint density at radius 2 is 1.67 bits per heavy atom. The molecule has 4 rings (SSSR count). The summed E-state index contributed by atoms with van der Waals surface area (Å²) in [4.78, 5) is 16.6. The molecule has 1 heterocycles. The zero-order valence-corrected chi connectivity index (χ0v) is 20.2. The van der Waals surface area contributed by atoms with Crippen LogP contribution >= 0.6 is 47.8 Å². The van der Waals surface area contributed by atoms with Crippen molar-refractivity contribution >= 4 is 65.7 Å². The lowest BCUT2D eigenvalue weighted by molar-refractivity contribution is -0.129. The van der Waals surface area contributed by atoms with E-state index in [2.05, 4.69) is 52.8 Å². The third kappa shape index (κ3) is 4.91. The highest BCUT2D eigenvalue weighted by molar-refractivity contribution is 9.11. The molecule has 0 saturated heterocycles. The van der Waals surface area contributed by atoms with Gasteiger partial charge in [-0.3, -0.25) is 0 Å². The number of carbonyl (C=O) groups is 1. The van der Waals surface area contributed by atoms with Crippen LogP contribution in [0.15, 0.2) is 90.8 Å². The molecule has 0 bridgehead atoms. The number of ether oxygens (including phenoxy) is 2. The summed E-state index contributed by atoms with van der Waals surface area (Å²) in [6.45, 7) is 0.449. The summed E-state index contributed by atoms with van der Waals surface area (Å²) in [5.41, 5.74) is 2.83. The van der Waals surface area contributed by atoms with Crippen LogP contribution in [-0.4, -0.2) is 11.9 Å². The summed E-state index contributed by atoms with van der Waals surface area (Å²) in [5, 5.41) is 0. The second-order valence-electron chi connectivity index (χ2n) is 6.43. The van der Waals surface area contributed by atoms with Gasteiger partial charge in [0.05, 0.1) is 8.95 Å². The number of esters is 1. The van der Waals surface area contributed by atoms with Gasteiger partial charge in [0.15, 0.2) is 5.70 Å². The second kappa shape index (κ2) is 9.29. The van der Waals surface area contributed by atoms with Crippen LogP contribution in [0.2, 0.25) is 0 Å². The largest absolute Gasteiger partial charge is 0.487 e. The van der Waals surface area contributed by atoms with E-state index >= 15 is 0 Å². The molecule has 0 N–H and O–H groups in total. The second-order valence-corrected chi connectivity index (χ2v) is 9.06. The number of aliphatic imine (C=N–C) groups is 1. The Morgan fingerprint density at radius 1 is 0.933 bits per heavy atom. The Labute approximate surface area is 199 Å². The molecule has 3 aromatic carbocycles. The molecule has 0 atom stereocenters. The predicted octanol–water partition coefficient (Wildman–Crippen LogP) is 6.90. The van der Waals surface area contributed by atoms with E-state index < -0.39 is 5.97 Å². The lowest BCUT2D eigenvalue weighted by Gasteiger charge is -2.11. The third-order valence-electron chi connectivity index (χ3n) is 4.24. The summed E-state index contributed by atoms with van der Waals surface area (Å²) >= 11 is 10.5. The Kier molecular flexibility index (Phi) is 6.51. The van der Waals surface area contributed by atoms with Crippen LogP contribution in [0.4, 0.5) is 0 Å². The molecule has 1 aliphatic heterocycles. The average molecular weight is 592 g/mol. The number of hydrogen-bond acceptors (Lipinski definition) is 4. The number of carbonyl (C=O) groups excluding carboxylic acids is 1. The number of cyclic esters (lactones) is 1. The number of nitrogens with zero attached hydrogens (tertiary/aromatic N) is 1. The lowest BCUT2D eigenvalue weighted by atomic mass is 10.2. The molecule has 0 spiro atoms. The van der Waals surface area contributed by atoms with Gasteiger partial charge in [0.1, 0.15) is 12.4 Å². The molecule has 3 aromatic rings. The van der Waals surface area contributed by atoms with Gasteiger partial charge in [-0.25, -0.2) is 9.79 Å². The van der Waals surface area contributed by atoms with E-state index in [0.29, 0.717) is 12.4 Å². The van der Waals surface area contributed by atoms with Crippen molar-refractivity contribution in [2.24, 2.45) is 4.99 Å². The van der Waals surface area contributed by atoms with Crippen molar-refractivity contribution in [1.82, 2.24) is 0 Å². The van der Waals surface area contributed by atoms with Crippen LogP contribution < -0.4 is 4.74 Å². The van der Waals surface area contributed by atoms with E-state index in [1.807, 2.05) is 66.7 Å². The molecule has 0 aliphatic carbocycles. The monoisotopic (exact) mass is 589 g/mol. The molecule has 0 saturated carbocycles. The molecule has 4 nitrogen and oxygen atoms in total. The van der Waals surface area contributed by atoms with Gasteiger partial charge >= 0.3 is 5.97 Å². The fourth-order valence-corrected chi connectivity index (χ4v) is 4.69. The summed E-state index contributed by atoms with van der Waals surface area (Å²) in [6.07, 6.45) is 1.68. The van der Waals surface area contributed by atoms with Crippen molar-refractivity contribution in [3.63, 3.8) is 0 Å². The van der Waals surface area contributed by atoms with Gasteiger partial charge in [-0.2, -0.15) is 0 Å². The van der Waals surface area contributed by atoms with Crippen molar-refractivity contribution in [3.05, 3.63) is 103 Å². The van der Waals surface area contributed by atoms with Crippen molar-refractivity contribution in [2.75, 3.05) is 0 Å². The third-order valence-corrected chi connectivity index (χ3v) is 5.91. The molecule has 0 aromatic heterocycles. The maximum absolute atomic E-state index is 12.3. The smallest absolute Gasteiger partial charge is 0.363 e. The van der Waals surface area contributed by atoms with Gasteiger partial charge in [-0.15, -0.1) is 0 Å². The fourth-order valence-electron chi connectivity index (χ4n) is 2.84. The zero-order valence-electron chi connectivity index (χ0n) is 15.4. The minimum absolute atomic E-state index is 0.238. The van der Waals surface area contributed by atoms with Gasteiger partial charge in [0.2, 0.25) is 5.90 Å². The van der Waals surface area contributed by atoms with Crippen LogP contribution in [0.25, 0.3) is 6.08 Å². The van der Waals surface area contributed by atoms with E-state index in [4.69, 9.17) is 9.47 Å². The van der Waals surface area contributed by atoms with Crippen LogP contribution in [-0.2, 0) is 16.1 Å². The molecule has 0 unspecified atom stereocenters. The van der Waals surface area contributed by atoms with Gasteiger partial charge < -0.3 is 9.47 Å². The molecule has 0 radical (unpaired) electrons. The standard InChI is InChI=1S/C23H14Br3NO3/c24-17-8-4-7-16(12-17)22-27-20(23(28)30-22)11-15-9-18(25)21(19(26)10-15)29-13-14-5-2-1-3-6-14/h1-12H,13H2/b20-11-. The van der Waals surface area contributed by atoms with E-state index in [1.54, 1.807) is 6.08 Å². The van der Waals surface area contributed by atoms with Crippen molar-refractivity contribution < 1.29 is 14.3 Å². The number of halogens is 3. The minimum atomic E-state index is -0.485.